The molecule has 0 bridgehead atoms. The van der Waals surface area contributed by atoms with Crippen molar-refractivity contribution in [3.8, 4) is 5.75 Å². The van der Waals surface area contributed by atoms with Crippen LogP contribution >= 0.6 is 23.2 Å². The van der Waals surface area contributed by atoms with Crippen LogP contribution in [0.4, 0.5) is 18.9 Å². The van der Waals surface area contributed by atoms with Crippen molar-refractivity contribution in [1.29, 1.82) is 0 Å². The van der Waals surface area contributed by atoms with E-state index in [1.165, 1.54) is 12.1 Å². The molecule has 0 saturated carbocycles. The van der Waals surface area contributed by atoms with Crippen LogP contribution in [-0.4, -0.2) is 25.2 Å². The second-order valence-electron chi connectivity index (χ2n) is 3.49. The van der Waals surface area contributed by atoms with E-state index >= 15 is 0 Å². The third kappa shape index (κ3) is 5.44. The van der Waals surface area contributed by atoms with Crippen LogP contribution in [0.1, 0.15) is 0 Å². The normalized spacial score (nSPS) is 11.2. The molecule has 0 aliphatic rings. The van der Waals surface area contributed by atoms with Crippen LogP contribution in [0.15, 0.2) is 12.1 Å². The van der Waals surface area contributed by atoms with Gasteiger partial charge in [-0.2, -0.15) is 13.2 Å². The molecule has 0 saturated heterocycles. The fourth-order valence-corrected chi connectivity index (χ4v) is 1.72. The van der Waals surface area contributed by atoms with Crippen LogP contribution in [0.3, 0.4) is 0 Å². The largest absolute Gasteiger partial charge is 0.481 e. The lowest BCUT2D eigenvalue weighted by Gasteiger charge is -2.11. The molecule has 0 heterocycles. The molecule has 19 heavy (non-hydrogen) atoms. The SMILES string of the molecule is Nc1cc(Cl)c(OCC(=O)NCC(F)(F)F)c(Cl)c1. The van der Waals surface area contributed by atoms with Gasteiger partial charge in [0.25, 0.3) is 5.91 Å². The fourth-order valence-electron chi connectivity index (χ4n) is 1.10. The minimum atomic E-state index is -4.48. The molecular formula is C10H9Cl2F3N2O2. The molecule has 9 heteroatoms. The number of halogens is 5. The number of carbonyl (C=O) groups excluding carboxylic acids is 1. The van der Waals surface area contributed by atoms with E-state index in [1.54, 1.807) is 5.32 Å². The van der Waals surface area contributed by atoms with E-state index in [0.29, 0.717) is 5.69 Å². The Labute approximate surface area is 116 Å². The first-order chi connectivity index (χ1) is 8.69. The number of nitrogen functional groups attached to an aromatic ring is 1. The van der Waals surface area contributed by atoms with E-state index in [9.17, 15) is 18.0 Å². The Balaban J connectivity index is 2.56. The van der Waals surface area contributed by atoms with E-state index in [1.807, 2.05) is 0 Å². The number of amides is 1. The molecule has 1 rings (SSSR count). The van der Waals surface area contributed by atoms with Crippen LogP contribution in [0, 0.1) is 0 Å². The maximum Gasteiger partial charge on any atom is 0.405 e. The third-order valence-electron chi connectivity index (χ3n) is 1.85. The number of hydrogen-bond donors (Lipinski definition) is 2. The van der Waals surface area contributed by atoms with Gasteiger partial charge >= 0.3 is 6.18 Å². The summed E-state index contributed by atoms with van der Waals surface area (Å²) in [6, 6.07) is 2.69. The predicted octanol–water partition coefficient (Wildman–Crippen LogP) is 2.63. The maximum atomic E-state index is 11.8. The minimum Gasteiger partial charge on any atom is -0.481 e. The lowest BCUT2D eigenvalue weighted by atomic mass is 10.3. The summed E-state index contributed by atoms with van der Waals surface area (Å²) >= 11 is 11.5. The monoisotopic (exact) mass is 316 g/mol. The summed E-state index contributed by atoms with van der Waals surface area (Å²) in [7, 11) is 0. The summed E-state index contributed by atoms with van der Waals surface area (Å²) in [6.07, 6.45) is -4.48. The average molecular weight is 317 g/mol. The van der Waals surface area contributed by atoms with E-state index in [-0.39, 0.29) is 15.8 Å². The highest BCUT2D eigenvalue weighted by Gasteiger charge is 2.27. The Morgan fingerprint density at radius 2 is 1.84 bits per heavy atom. The molecular weight excluding hydrogens is 308 g/mol. The van der Waals surface area contributed by atoms with Crippen LogP contribution in [0.25, 0.3) is 0 Å². The Hall–Kier alpha value is -1.34. The number of ether oxygens (including phenoxy) is 1. The molecule has 1 amide bonds. The van der Waals surface area contributed by atoms with Crippen molar-refractivity contribution >= 4 is 34.8 Å². The van der Waals surface area contributed by atoms with Crippen molar-refractivity contribution in [2.75, 3.05) is 18.9 Å². The van der Waals surface area contributed by atoms with Gasteiger partial charge < -0.3 is 15.8 Å². The Kier molecular flexibility index (Phi) is 5.13. The van der Waals surface area contributed by atoms with Crippen molar-refractivity contribution in [2.24, 2.45) is 0 Å². The van der Waals surface area contributed by atoms with Gasteiger partial charge in [0.2, 0.25) is 0 Å². The molecule has 0 atom stereocenters. The van der Waals surface area contributed by atoms with Crippen LogP contribution in [-0.2, 0) is 4.79 Å². The number of carbonyl (C=O) groups is 1. The predicted molar refractivity (Wildman–Crippen MR) is 65.4 cm³/mol. The quantitative estimate of drug-likeness (QED) is 0.839. The number of nitrogens with one attached hydrogen (secondary N) is 1. The minimum absolute atomic E-state index is 0.0142. The van der Waals surface area contributed by atoms with Gasteiger partial charge in [-0.25, -0.2) is 0 Å². The highest BCUT2D eigenvalue weighted by molar-refractivity contribution is 6.37. The van der Waals surface area contributed by atoms with Gasteiger partial charge in [-0.1, -0.05) is 23.2 Å². The first kappa shape index (κ1) is 15.7. The molecule has 0 aliphatic carbocycles. The molecule has 0 radical (unpaired) electrons. The lowest BCUT2D eigenvalue weighted by molar-refractivity contribution is -0.139. The number of benzene rings is 1. The first-order valence-corrected chi connectivity index (χ1v) is 5.65. The lowest BCUT2D eigenvalue weighted by Crippen LogP contribution is -2.36. The zero-order chi connectivity index (χ0) is 14.6. The van der Waals surface area contributed by atoms with E-state index < -0.39 is 25.2 Å². The molecule has 3 N–H and O–H groups in total. The van der Waals surface area contributed by atoms with Gasteiger partial charge in [0, 0.05) is 5.69 Å². The van der Waals surface area contributed by atoms with Crippen molar-refractivity contribution in [3.05, 3.63) is 22.2 Å². The van der Waals surface area contributed by atoms with E-state index in [2.05, 4.69) is 0 Å². The van der Waals surface area contributed by atoms with E-state index in [4.69, 9.17) is 33.7 Å². The summed E-state index contributed by atoms with van der Waals surface area (Å²) in [4.78, 5) is 11.1. The maximum absolute atomic E-state index is 11.8. The summed E-state index contributed by atoms with van der Waals surface area (Å²) in [5.74, 6) is -0.957. The zero-order valence-electron chi connectivity index (χ0n) is 9.35. The molecule has 0 aromatic heterocycles. The van der Waals surface area contributed by atoms with Crippen molar-refractivity contribution < 1.29 is 22.7 Å². The topological polar surface area (TPSA) is 64.3 Å². The second-order valence-corrected chi connectivity index (χ2v) is 4.31. The molecule has 1 aromatic carbocycles. The molecule has 106 valence electrons. The highest BCUT2D eigenvalue weighted by atomic mass is 35.5. The van der Waals surface area contributed by atoms with Gasteiger partial charge in [-0.05, 0) is 12.1 Å². The number of anilines is 1. The Morgan fingerprint density at radius 3 is 2.32 bits per heavy atom. The molecule has 0 spiro atoms. The van der Waals surface area contributed by atoms with Crippen LogP contribution in [0.5, 0.6) is 5.75 Å². The van der Waals surface area contributed by atoms with Gasteiger partial charge in [0.05, 0.1) is 10.0 Å². The zero-order valence-corrected chi connectivity index (χ0v) is 10.9. The number of nitrogens with two attached hydrogens (primary N) is 1. The first-order valence-electron chi connectivity index (χ1n) is 4.90. The third-order valence-corrected chi connectivity index (χ3v) is 2.42. The van der Waals surface area contributed by atoms with Gasteiger partial charge in [0.1, 0.15) is 6.54 Å². The summed E-state index contributed by atoms with van der Waals surface area (Å²) in [5.41, 5.74) is 5.75. The molecule has 0 fully saturated rings. The standard InChI is InChI=1S/C10H9Cl2F3N2O2/c11-6-1-5(16)2-7(12)9(6)19-3-8(18)17-4-10(13,14)15/h1-2H,3-4,16H2,(H,17,18). The number of rotatable bonds is 4. The molecule has 4 nitrogen and oxygen atoms in total. The van der Waals surface area contributed by atoms with Gasteiger partial charge in [0.15, 0.2) is 12.4 Å². The smallest absolute Gasteiger partial charge is 0.405 e. The summed E-state index contributed by atoms with van der Waals surface area (Å²) in [6.45, 7) is -2.07. The summed E-state index contributed by atoms with van der Waals surface area (Å²) < 4.78 is 40.5. The Morgan fingerprint density at radius 1 is 1.32 bits per heavy atom. The van der Waals surface area contributed by atoms with Gasteiger partial charge in [-0.15, -0.1) is 0 Å². The molecule has 0 aliphatic heterocycles. The van der Waals surface area contributed by atoms with Crippen molar-refractivity contribution in [1.82, 2.24) is 5.32 Å². The number of alkyl halides is 3. The van der Waals surface area contributed by atoms with Crippen molar-refractivity contribution in [3.63, 3.8) is 0 Å². The van der Waals surface area contributed by atoms with Crippen LogP contribution < -0.4 is 15.8 Å². The second kappa shape index (κ2) is 6.21. The number of hydrogen-bond acceptors (Lipinski definition) is 3. The summed E-state index contributed by atoms with van der Waals surface area (Å²) in [5, 5.41) is 1.77. The Bertz CT molecular complexity index is 457. The van der Waals surface area contributed by atoms with Crippen LogP contribution in [0.2, 0.25) is 10.0 Å². The van der Waals surface area contributed by atoms with Crippen molar-refractivity contribution in [2.45, 2.75) is 6.18 Å². The molecule has 0 unspecified atom stereocenters. The van der Waals surface area contributed by atoms with E-state index in [0.717, 1.165) is 0 Å². The fraction of sp³-hybridized carbons (Fsp3) is 0.300. The van der Waals surface area contributed by atoms with Gasteiger partial charge in [-0.3, -0.25) is 4.79 Å². The highest BCUT2D eigenvalue weighted by Crippen LogP contribution is 2.34. The molecule has 1 aromatic rings. The average Bonchev–Trinajstić information content (AvgIpc) is 2.23.